The molecule has 0 radical (unpaired) electrons. The number of aromatic nitrogens is 1. The van der Waals surface area contributed by atoms with Gasteiger partial charge in [0.2, 0.25) is 18.2 Å². The van der Waals surface area contributed by atoms with Crippen LogP contribution in [0.4, 0.5) is 5.69 Å². The number of rotatable bonds is 3. The summed E-state index contributed by atoms with van der Waals surface area (Å²) >= 11 is 0. The van der Waals surface area contributed by atoms with Crippen molar-refractivity contribution < 1.29 is 14.2 Å². The van der Waals surface area contributed by atoms with Crippen molar-refractivity contribution in [1.29, 1.82) is 0 Å². The third-order valence-electron chi connectivity index (χ3n) is 3.59. The number of amides is 1. The number of nitrogens with one attached hydrogen (secondary N) is 1. The molecule has 2 aromatic rings. The molecule has 1 aliphatic rings. The lowest BCUT2D eigenvalue weighted by molar-refractivity contribution is -0.683. The van der Waals surface area contributed by atoms with Crippen LogP contribution in [0, 0.1) is 0 Å². The zero-order valence-corrected chi connectivity index (χ0v) is 11.2. The number of fused-ring (bicyclic) bond motifs is 1. The van der Waals surface area contributed by atoms with Gasteiger partial charge in [-0.25, -0.2) is 0 Å². The van der Waals surface area contributed by atoms with Crippen molar-refractivity contribution in [3.8, 4) is 0 Å². The highest BCUT2D eigenvalue weighted by molar-refractivity contribution is 6.04. The monoisotopic (exact) mass is 267 g/mol. The minimum Gasteiger partial charge on any atom is -0.325 e. The van der Waals surface area contributed by atoms with Crippen molar-refractivity contribution in [1.82, 2.24) is 0 Å². The van der Waals surface area contributed by atoms with E-state index < -0.39 is 0 Å². The second kappa shape index (κ2) is 4.89. The minimum absolute atomic E-state index is 0.0120. The smallest absolute Gasteiger partial charge is 0.231 e. The summed E-state index contributed by atoms with van der Waals surface area (Å²) < 4.78 is 1.84. The maximum absolute atomic E-state index is 12.3. The van der Waals surface area contributed by atoms with Gasteiger partial charge in [-0.1, -0.05) is 6.07 Å². The molecule has 1 N–H and O–H groups in total. The average molecular weight is 267 g/mol. The molecule has 0 saturated carbocycles. The molecule has 1 atom stereocenters. The molecule has 4 nitrogen and oxygen atoms in total. The highest BCUT2D eigenvalue weighted by atomic mass is 16.2. The Morgan fingerprint density at radius 2 is 2.00 bits per heavy atom. The molecule has 1 amide bonds. The number of carbonyl (C=O) groups excluding carboxylic acids is 2. The molecular weight excluding hydrogens is 252 g/mol. The predicted octanol–water partition coefficient (Wildman–Crippen LogP) is 1.91. The molecule has 1 aromatic carbocycles. The van der Waals surface area contributed by atoms with Crippen molar-refractivity contribution >= 4 is 17.4 Å². The first-order valence-electron chi connectivity index (χ1n) is 6.57. The molecule has 0 fully saturated rings. The number of benzene rings is 1. The first-order valence-corrected chi connectivity index (χ1v) is 6.57. The van der Waals surface area contributed by atoms with Crippen LogP contribution in [0.5, 0.6) is 0 Å². The lowest BCUT2D eigenvalue weighted by Crippen LogP contribution is -2.36. The number of hydrogen-bond acceptors (Lipinski definition) is 2. The first-order chi connectivity index (χ1) is 9.65. The van der Waals surface area contributed by atoms with Crippen LogP contribution in [-0.4, -0.2) is 11.7 Å². The van der Waals surface area contributed by atoms with E-state index in [4.69, 9.17) is 0 Å². The summed E-state index contributed by atoms with van der Waals surface area (Å²) in [6, 6.07) is 11.1. The zero-order valence-electron chi connectivity index (χ0n) is 11.2. The Morgan fingerprint density at radius 1 is 1.25 bits per heavy atom. The van der Waals surface area contributed by atoms with E-state index in [1.54, 1.807) is 12.1 Å². The van der Waals surface area contributed by atoms with Crippen molar-refractivity contribution in [3.63, 3.8) is 0 Å². The van der Waals surface area contributed by atoms with Crippen LogP contribution >= 0.6 is 0 Å². The van der Waals surface area contributed by atoms with Crippen LogP contribution in [0.25, 0.3) is 0 Å². The van der Waals surface area contributed by atoms with Crippen LogP contribution in [-0.2, 0) is 11.3 Å². The number of nitrogens with zero attached hydrogens (tertiary/aromatic N) is 1. The van der Waals surface area contributed by atoms with E-state index in [-0.39, 0.29) is 17.6 Å². The topological polar surface area (TPSA) is 50.1 Å². The number of ketones is 1. The van der Waals surface area contributed by atoms with Gasteiger partial charge >= 0.3 is 0 Å². The molecule has 1 unspecified atom stereocenters. The van der Waals surface area contributed by atoms with Crippen LogP contribution in [0.3, 0.4) is 0 Å². The lowest BCUT2D eigenvalue weighted by atomic mass is 9.99. The Kier molecular flexibility index (Phi) is 3.06. The Morgan fingerprint density at radius 3 is 2.75 bits per heavy atom. The second-order valence-electron chi connectivity index (χ2n) is 4.98. The Labute approximate surface area is 117 Å². The first kappa shape index (κ1) is 12.5. The molecule has 0 saturated heterocycles. The van der Waals surface area contributed by atoms with Gasteiger partial charge in [-0.15, -0.1) is 0 Å². The largest absolute Gasteiger partial charge is 0.325 e. The molecule has 1 aromatic heterocycles. The van der Waals surface area contributed by atoms with E-state index >= 15 is 0 Å². The highest BCUT2D eigenvalue weighted by Crippen LogP contribution is 2.32. The van der Waals surface area contributed by atoms with E-state index in [1.165, 1.54) is 0 Å². The maximum atomic E-state index is 12.3. The Balaban J connectivity index is 1.85. The summed E-state index contributed by atoms with van der Waals surface area (Å²) in [6.45, 7) is 2.15. The van der Waals surface area contributed by atoms with E-state index in [2.05, 4.69) is 5.32 Å². The number of anilines is 1. The molecule has 20 heavy (non-hydrogen) atoms. The lowest BCUT2D eigenvalue weighted by Gasteiger charge is -2.04. The summed E-state index contributed by atoms with van der Waals surface area (Å²) in [4.78, 5) is 23.9. The fraction of sp³-hybridized carbons (Fsp3) is 0.188. The van der Waals surface area contributed by atoms with Crippen molar-refractivity contribution in [3.05, 3.63) is 59.9 Å². The van der Waals surface area contributed by atoms with Gasteiger partial charge in [-0.05, 0) is 30.7 Å². The summed E-state index contributed by atoms with van der Waals surface area (Å²) in [5, 5.41) is 2.81. The fourth-order valence-corrected chi connectivity index (χ4v) is 2.39. The standard InChI is InChI=1S/C16H14N2O2/c1-11-13-9-12(5-6-14(13)17-16(11)20)15(19)10-18-7-3-2-4-8-18/h2-9,11H,10H2,1H3/p+1. The number of carbonyl (C=O) groups is 2. The molecule has 100 valence electrons. The number of pyridine rings is 1. The molecule has 1 aliphatic heterocycles. The Hall–Kier alpha value is -2.49. The van der Waals surface area contributed by atoms with Gasteiger partial charge in [-0.3, -0.25) is 9.59 Å². The Bertz CT molecular complexity index is 680. The van der Waals surface area contributed by atoms with Crippen LogP contribution in [0.15, 0.2) is 48.8 Å². The van der Waals surface area contributed by atoms with Gasteiger partial charge in [0, 0.05) is 23.4 Å². The van der Waals surface area contributed by atoms with Gasteiger partial charge in [0.05, 0.1) is 5.92 Å². The predicted molar refractivity (Wildman–Crippen MR) is 74.5 cm³/mol. The van der Waals surface area contributed by atoms with Crippen molar-refractivity contribution in [2.24, 2.45) is 0 Å². The molecule has 0 bridgehead atoms. The molecule has 4 heteroatoms. The summed E-state index contributed by atoms with van der Waals surface area (Å²) in [5.41, 5.74) is 2.36. The van der Waals surface area contributed by atoms with Gasteiger partial charge < -0.3 is 5.32 Å². The SMILES string of the molecule is CC1C(=O)Nc2ccc(C(=O)C[n+]3ccccc3)cc21. The third kappa shape index (κ3) is 2.20. The van der Waals surface area contributed by atoms with E-state index in [9.17, 15) is 9.59 Å². The molecule has 0 spiro atoms. The van der Waals surface area contributed by atoms with Crippen LogP contribution in [0.1, 0.15) is 28.8 Å². The van der Waals surface area contributed by atoms with E-state index in [0.717, 1.165) is 11.3 Å². The molecule has 2 heterocycles. The normalized spacial score (nSPS) is 16.6. The average Bonchev–Trinajstić information content (AvgIpc) is 2.75. The van der Waals surface area contributed by atoms with Crippen LogP contribution in [0.2, 0.25) is 0 Å². The second-order valence-corrected chi connectivity index (χ2v) is 4.98. The quantitative estimate of drug-likeness (QED) is 0.682. The maximum Gasteiger partial charge on any atom is 0.231 e. The summed E-state index contributed by atoms with van der Waals surface area (Å²) in [7, 11) is 0. The third-order valence-corrected chi connectivity index (χ3v) is 3.59. The van der Waals surface area contributed by atoms with Gasteiger partial charge in [0.25, 0.3) is 0 Å². The molecular formula is C16H15N2O2+. The number of Topliss-reactive ketones (excluding diaryl/α,β-unsaturated/α-hetero) is 1. The van der Waals surface area contributed by atoms with Crippen molar-refractivity contribution in [2.75, 3.05) is 5.32 Å². The summed E-state index contributed by atoms with van der Waals surface area (Å²) in [5.74, 6) is -0.167. The van der Waals surface area contributed by atoms with Gasteiger partial charge in [0.15, 0.2) is 12.4 Å². The highest BCUT2D eigenvalue weighted by Gasteiger charge is 2.27. The number of hydrogen-bond donors (Lipinski definition) is 1. The van der Waals surface area contributed by atoms with Gasteiger partial charge in [0.1, 0.15) is 0 Å². The zero-order chi connectivity index (χ0) is 14.1. The minimum atomic E-state index is -0.192. The van der Waals surface area contributed by atoms with E-state index in [1.807, 2.05) is 48.1 Å². The fourth-order valence-electron chi connectivity index (χ4n) is 2.39. The van der Waals surface area contributed by atoms with Crippen LogP contribution < -0.4 is 9.88 Å². The van der Waals surface area contributed by atoms with E-state index in [0.29, 0.717) is 12.1 Å². The molecule has 3 rings (SSSR count). The molecule has 0 aliphatic carbocycles. The van der Waals surface area contributed by atoms with Crippen molar-refractivity contribution in [2.45, 2.75) is 19.4 Å². The van der Waals surface area contributed by atoms with Gasteiger partial charge in [-0.2, -0.15) is 4.57 Å². The summed E-state index contributed by atoms with van der Waals surface area (Å²) in [6.07, 6.45) is 3.72.